The molecule has 0 radical (unpaired) electrons. The number of benzene rings is 2. The van der Waals surface area contributed by atoms with Gasteiger partial charge in [0, 0.05) is 5.56 Å². The van der Waals surface area contributed by atoms with Crippen LogP contribution in [-0.4, -0.2) is 10.9 Å². The lowest BCUT2D eigenvalue weighted by atomic mass is 10.0. The first-order chi connectivity index (χ1) is 13.5. The topological polar surface area (TPSA) is 68.5 Å². The molecular formula is C23H23N3O2. The molecule has 0 spiro atoms. The molecule has 1 aliphatic heterocycles. The number of hydrogen-bond acceptors (Lipinski definition) is 4. The molecule has 4 rings (SSSR count). The highest BCUT2D eigenvalue weighted by Gasteiger charge is 2.36. The molecule has 1 unspecified atom stereocenters. The fourth-order valence-electron chi connectivity index (χ4n) is 3.34. The van der Waals surface area contributed by atoms with Crippen molar-refractivity contribution in [1.29, 1.82) is 0 Å². The number of fused-ring (bicyclic) bond motifs is 1. The van der Waals surface area contributed by atoms with Gasteiger partial charge in [-0.05, 0) is 29.2 Å². The summed E-state index contributed by atoms with van der Waals surface area (Å²) in [6, 6.07) is 21.3. The van der Waals surface area contributed by atoms with Crippen molar-refractivity contribution in [3.8, 4) is 5.75 Å². The molecule has 0 fully saturated rings. The van der Waals surface area contributed by atoms with E-state index in [1.54, 1.807) is 17.0 Å². The summed E-state index contributed by atoms with van der Waals surface area (Å²) < 4.78 is 5.99. The molecule has 0 saturated carbocycles. The predicted molar refractivity (Wildman–Crippen MR) is 110 cm³/mol. The van der Waals surface area contributed by atoms with Crippen molar-refractivity contribution in [2.75, 3.05) is 10.6 Å². The van der Waals surface area contributed by atoms with Gasteiger partial charge in [0.15, 0.2) is 11.6 Å². The second kappa shape index (κ2) is 7.35. The first-order valence-electron chi connectivity index (χ1n) is 9.41. The molecule has 0 saturated heterocycles. The summed E-state index contributed by atoms with van der Waals surface area (Å²) in [7, 11) is 0. The van der Waals surface area contributed by atoms with Gasteiger partial charge in [-0.3, -0.25) is 9.69 Å². The smallest absolute Gasteiger partial charge is 0.274 e. The lowest BCUT2D eigenvalue weighted by Gasteiger charge is -2.33. The van der Waals surface area contributed by atoms with Crippen molar-refractivity contribution in [2.24, 2.45) is 0 Å². The summed E-state index contributed by atoms with van der Waals surface area (Å²) in [6.07, 6.45) is -0.700. The first kappa shape index (κ1) is 18.0. The SMILES string of the molecule is CC(C)c1ccc(CN2C(=O)C(c3ccccc3)Oc3ccc(N)nc32)cc1. The Kier molecular flexibility index (Phi) is 4.74. The highest BCUT2D eigenvalue weighted by molar-refractivity contribution is 5.99. The summed E-state index contributed by atoms with van der Waals surface area (Å²) in [5.41, 5.74) is 8.99. The van der Waals surface area contributed by atoms with Crippen LogP contribution in [0.3, 0.4) is 0 Å². The van der Waals surface area contributed by atoms with Crippen LogP contribution in [0.25, 0.3) is 0 Å². The number of carbonyl (C=O) groups excluding carboxylic acids is 1. The first-order valence-corrected chi connectivity index (χ1v) is 9.41. The van der Waals surface area contributed by atoms with Crippen LogP contribution in [-0.2, 0) is 11.3 Å². The maximum Gasteiger partial charge on any atom is 0.274 e. The van der Waals surface area contributed by atoms with Crippen LogP contribution in [0, 0.1) is 0 Å². The van der Waals surface area contributed by atoms with Crippen LogP contribution < -0.4 is 15.4 Å². The van der Waals surface area contributed by atoms with Gasteiger partial charge in [-0.2, -0.15) is 0 Å². The Labute approximate surface area is 164 Å². The highest BCUT2D eigenvalue weighted by atomic mass is 16.5. The van der Waals surface area contributed by atoms with E-state index in [1.807, 2.05) is 30.3 Å². The number of nitrogens with zero attached hydrogens (tertiary/aromatic N) is 2. The van der Waals surface area contributed by atoms with E-state index < -0.39 is 6.10 Å². The van der Waals surface area contributed by atoms with Crippen molar-refractivity contribution in [3.63, 3.8) is 0 Å². The molecular weight excluding hydrogens is 350 g/mol. The number of anilines is 2. The number of hydrogen-bond donors (Lipinski definition) is 1. The number of amides is 1. The number of aromatic nitrogens is 1. The largest absolute Gasteiger partial charge is 0.472 e. The van der Waals surface area contributed by atoms with E-state index in [0.29, 0.717) is 29.8 Å². The maximum absolute atomic E-state index is 13.3. The van der Waals surface area contributed by atoms with E-state index in [1.165, 1.54) is 5.56 Å². The van der Waals surface area contributed by atoms with Crippen LogP contribution in [0.4, 0.5) is 11.6 Å². The van der Waals surface area contributed by atoms with Gasteiger partial charge in [-0.1, -0.05) is 68.4 Å². The van der Waals surface area contributed by atoms with E-state index in [-0.39, 0.29) is 5.91 Å². The van der Waals surface area contributed by atoms with Gasteiger partial charge in [-0.15, -0.1) is 0 Å². The summed E-state index contributed by atoms with van der Waals surface area (Å²) in [5, 5.41) is 0. The molecule has 5 nitrogen and oxygen atoms in total. The number of ether oxygens (including phenoxy) is 1. The zero-order chi connectivity index (χ0) is 19.7. The van der Waals surface area contributed by atoms with Gasteiger partial charge in [0.05, 0.1) is 6.54 Å². The molecule has 1 aromatic heterocycles. The predicted octanol–water partition coefficient (Wildman–Crippen LogP) is 4.45. The third-order valence-corrected chi connectivity index (χ3v) is 4.94. The van der Waals surface area contributed by atoms with Gasteiger partial charge in [-0.25, -0.2) is 4.98 Å². The zero-order valence-corrected chi connectivity index (χ0v) is 16.0. The molecule has 2 N–H and O–H groups in total. The fourth-order valence-corrected chi connectivity index (χ4v) is 3.34. The monoisotopic (exact) mass is 373 g/mol. The summed E-state index contributed by atoms with van der Waals surface area (Å²) in [5.74, 6) is 1.69. The minimum Gasteiger partial charge on any atom is -0.472 e. The normalized spacial score (nSPS) is 16.0. The van der Waals surface area contributed by atoms with Crippen LogP contribution >= 0.6 is 0 Å². The average molecular weight is 373 g/mol. The van der Waals surface area contributed by atoms with Crippen molar-refractivity contribution in [1.82, 2.24) is 4.98 Å². The van der Waals surface area contributed by atoms with Gasteiger partial charge >= 0.3 is 0 Å². The molecule has 3 aromatic rings. The molecule has 5 heteroatoms. The second-order valence-electron chi connectivity index (χ2n) is 7.29. The van der Waals surface area contributed by atoms with E-state index in [9.17, 15) is 4.79 Å². The third-order valence-electron chi connectivity index (χ3n) is 4.94. The number of rotatable bonds is 4. The van der Waals surface area contributed by atoms with Crippen LogP contribution in [0.2, 0.25) is 0 Å². The molecule has 28 heavy (non-hydrogen) atoms. The zero-order valence-electron chi connectivity index (χ0n) is 16.0. The molecule has 0 aliphatic carbocycles. The number of pyridine rings is 1. The minimum absolute atomic E-state index is 0.148. The molecule has 2 heterocycles. The molecule has 1 amide bonds. The lowest BCUT2D eigenvalue weighted by molar-refractivity contribution is -0.126. The van der Waals surface area contributed by atoms with Gasteiger partial charge in [0.1, 0.15) is 5.82 Å². The fraction of sp³-hybridized carbons (Fsp3) is 0.217. The number of nitrogen functional groups attached to an aromatic ring is 1. The Bertz CT molecular complexity index is 984. The Hall–Kier alpha value is -3.34. The molecule has 1 aliphatic rings. The van der Waals surface area contributed by atoms with Crippen LogP contribution in [0.5, 0.6) is 5.75 Å². The Balaban J connectivity index is 1.71. The van der Waals surface area contributed by atoms with Crippen LogP contribution in [0.1, 0.15) is 42.6 Å². The average Bonchev–Trinajstić information content (AvgIpc) is 2.71. The highest BCUT2D eigenvalue weighted by Crippen LogP contribution is 2.38. The number of nitrogens with two attached hydrogens (primary N) is 1. The van der Waals surface area contributed by atoms with Gasteiger partial charge in [0.2, 0.25) is 6.10 Å². The third kappa shape index (κ3) is 3.43. The lowest BCUT2D eigenvalue weighted by Crippen LogP contribution is -2.41. The van der Waals surface area contributed by atoms with Crippen LogP contribution in [0.15, 0.2) is 66.7 Å². The Morgan fingerprint density at radius 3 is 2.43 bits per heavy atom. The van der Waals surface area contributed by atoms with Gasteiger partial charge in [0.25, 0.3) is 5.91 Å². The Morgan fingerprint density at radius 2 is 1.75 bits per heavy atom. The van der Waals surface area contributed by atoms with E-state index in [0.717, 1.165) is 11.1 Å². The van der Waals surface area contributed by atoms with E-state index >= 15 is 0 Å². The van der Waals surface area contributed by atoms with E-state index in [4.69, 9.17) is 10.5 Å². The molecule has 2 aromatic carbocycles. The Morgan fingerprint density at radius 1 is 1.04 bits per heavy atom. The maximum atomic E-state index is 13.3. The molecule has 1 atom stereocenters. The van der Waals surface area contributed by atoms with Crippen molar-refractivity contribution < 1.29 is 9.53 Å². The summed E-state index contributed by atoms with van der Waals surface area (Å²) in [6.45, 7) is 4.73. The van der Waals surface area contributed by atoms with E-state index in [2.05, 4.69) is 43.1 Å². The van der Waals surface area contributed by atoms with Crippen molar-refractivity contribution in [3.05, 3.63) is 83.4 Å². The quantitative estimate of drug-likeness (QED) is 0.733. The van der Waals surface area contributed by atoms with Crippen molar-refractivity contribution in [2.45, 2.75) is 32.4 Å². The molecule has 142 valence electrons. The van der Waals surface area contributed by atoms with Gasteiger partial charge < -0.3 is 10.5 Å². The second-order valence-corrected chi connectivity index (χ2v) is 7.29. The minimum atomic E-state index is -0.700. The number of carbonyl (C=O) groups is 1. The van der Waals surface area contributed by atoms with Crippen molar-refractivity contribution >= 4 is 17.5 Å². The summed E-state index contributed by atoms with van der Waals surface area (Å²) in [4.78, 5) is 19.3. The summed E-state index contributed by atoms with van der Waals surface area (Å²) >= 11 is 0. The standard InChI is InChI=1S/C23H23N3O2/c1-15(2)17-10-8-16(9-11-17)14-26-22-19(12-13-20(24)25-22)28-21(23(26)27)18-6-4-3-5-7-18/h3-13,15,21H,14H2,1-2H3,(H2,24,25). The molecule has 0 bridgehead atoms.